The molecule has 0 unspecified atom stereocenters. The average Bonchev–Trinajstić information content (AvgIpc) is 3.09. The minimum Gasteiger partial charge on any atom is -0.346 e. The molecular formula is C14H15FN4O2S. The van der Waals surface area contributed by atoms with Gasteiger partial charge in [-0.1, -0.05) is 0 Å². The third-order valence-corrected chi connectivity index (χ3v) is 4.61. The molecule has 0 aliphatic carbocycles. The van der Waals surface area contributed by atoms with Gasteiger partial charge in [0.15, 0.2) is 0 Å². The molecule has 2 aromatic rings. The molecule has 0 bridgehead atoms. The van der Waals surface area contributed by atoms with Crippen molar-refractivity contribution >= 4 is 23.2 Å². The maximum atomic E-state index is 13.5. The molecule has 8 heteroatoms. The Hall–Kier alpha value is -2.22. The van der Waals surface area contributed by atoms with Gasteiger partial charge in [-0.25, -0.2) is 4.39 Å². The molecular weight excluding hydrogens is 307 g/mol. The number of amides is 2. The second-order valence-electron chi connectivity index (χ2n) is 5.14. The Morgan fingerprint density at radius 2 is 2.36 bits per heavy atom. The van der Waals surface area contributed by atoms with E-state index in [1.807, 2.05) is 0 Å². The van der Waals surface area contributed by atoms with E-state index in [0.717, 1.165) is 17.0 Å². The van der Waals surface area contributed by atoms with Crippen LogP contribution in [-0.2, 0) is 11.8 Å². The highest BCUT2D eigenvalue weighted by Crippen LogP contribution is 2.25. The van der Waals surface area contributed by atoms with Gasteiger partial charge in [-0.15, -0.1) is 11.3 Å². The van der Waals surface area contributed by atoms with Gasteiger partial charge in [-0.2, -0.15) is 5.10 Å². The Balaban J connectivity index is 1.81. The van der Waals surface area contributed by atoms with Crippen LogP contribution in [0.15, 0.2) is 23.7 Å². The van der Waals surface area contributed by atoms with Crippen LogP contribution < -0.4 is 10.6 Å². The summed E-state index contributed by atoms with van der Waals surface area (Å²) in [6.45, 7) is 0. The smallest absolute Gasteiger partial charge is 0.264 e. The number of hydrogen-bond donors (Lipinski definition) is 2. The molecule has 2 amide bonds. The third kappa shape index (κ3) is 2.74. The predicted molar refractivity (Wildman–Crippen MR) is 78.9 cm³/mol. The van der Waals surface area contributed by atoms with Crippen molar-refractivity contribution < 1.29 is 14.0 Å². The molecule has 3 rings (SSSR count). The number of rotatable bonds is 3. The van der Waals surface area contributed by atoms with Crippen molar-refractivity contribution in [3.8, 4) is 0 Å². The summed E-state index contributed by atoms with van der Waals surface area (Å²) in [6, 6.07) is 2.38. The molecule has 0 spiro atoms. The Bertz CT molecular complexity index is 711. The minimum absolute atomic E-state index is 0.0562. The Morgan fingerprint density at radius 3 is 3.00 bits per heavy atom. The average molecular weight is 322 g/mol. The predicted octanol–water partition coefficient (Wildman–Crippen LogP) is 1.37. The summed E-state index contributed by atoms with van der Waals surface area (Å²) in [5, 5.41) is 11.3. The lowest BCUT2D eigenvalue weighted by molar-refractivity contribution is -0.123. The number of hydrogen-bond acceptors (Lipinski definition) is 4. The number of thiophene rings is 1. The zero-order valence-corrected chi connectivity index (χ0v) is 12.7. The number of aromatic nitrogens is 2. The standard InChI is InChI=1S/C14H15FN4O2S/c1-19-10(4-6-16-19)12-9(2-3-11(20)18-12)17-14(21)13-8(15)5-7-22-13/h4-7,9,12H,2-3H2,1H3,(H,17,21)(H,18,20)/t9-,12-/m1/s1. The van der Waals surface area contributed by atoms with Crippen molar-refractivity contribution in [3.05, 3.63) is 40.1 Å². The summed E-state index contributed by atoms with van der Waals surface area (Å²) in [5.74, 6) is -1.06. The maximum Gasteiger partial charge on any atom is 0.264 e. The molecule has 1 aliphatic rings. The van der Waals surface area contributed by atoms with Crippen molar-refractivity contribution in [2.24, 2.45) is 7.05 Å². The van der Waals surface area contributed by atoms with E-state index in [0.29, 0.717) is 12.8 Å². The maximum absolute atomic E-state index is 13.5. The zero-order valence-electron chi connectivity index (χ0n) is 11.9. The van der Waals surface area contributed by atoms with Crippen LogP contribution in [0.2, 0.25) is 0 Å². The van der Waals surface area contributed by atoms with Gasteiger partial charge in [0, 0.05) is 19.7 Å². The van der Waals surface area contributed by atoms with Crippen LogP contribution in [0, 0.1) is 5.82 Å². The van der Waals surface area contributed by atoms with Crippen molar-refractivity contribution in [2.45, 2.75) is 24.9 Å². The molecule has 3 heterocycles. The van der Waals surface area contributed by atoms with Crippen LogP contribution in [-0.4, -0.2) is 27.6 Å². The van der Waals surface area contributed by atoms with Crippen LogP contribution in [0.5, 0.6) is 0 Å². The molecule has 1 saturated heterocycles. The Kier molecular flexibility index (Phi) is 3.93. The van der Waals surface area contributed by atoms with E-state index in [1.54, 1.807) is 24.0 Å². The number of piperidine rings is 1. The van der Waals surface area contributed by atoms with Crippen LogP contribution in [0.25, 0.3) is 0 Å². The van der Waals surface area contributed by atoms with Crippen LogP contribution in [0.1, 0.15) is 34.2 Å². The summed E-state index contributed by atoms with van der Waals surface area (Å²) in [7, 11) is 1.77. The molecule has 2 atom stereocenters. The lowest BCUT2D eigenvalue weighted by Gasteiger charge is -2.32. The number of carbonyl (C=O) groups is 2. The van der Waals surface area contributed by atoms with E-state index in [-0.39, 0.29) is 22.9 Å². The number of nitrogens with zero attached hydrogens (tertiary/aromatic N) is 2. The van der Waals surface area contributed by atoms with Crippen molar-refractivity contribution in [3.63, 3.8) is 0 Å². The quantitative estimate of drug-likeness (QED) is 0.896. The molecule has 2 aromatic heterocycles. The number of nitrogens with one attached hydrogen (secondary N) is 2. The lowest BCUT2D eigenvalue weighted by Crippen LogP contribution is -2.50. The summed E-state index contributed by atoms with van der Waals surface area (Å²) in [5.41, 5.74) is 0.796. The van der Waals surface area contributed by atoms with Crippen molar-refractivity contribution in [1.29, 1.82) is 0 Å². The normalized spacial score (nSPS) is 21.5. The summed E-state index contributed by atoms with van der Waals surface area (Å²) in [4.78, 5) is 23.9. The fourth-order valence-corrected chi connectivity index (χ4v) is 3.28. The SMILES string of the molecule is Cn1nccc1[C@@H]1NC(=O)CC[C@H]1NC(=O)c1sccc1F. The molecule has 0 radical (unpaired) electrons. The van der Waals surface area contributed by atoms with Crippen LogP contribution >= 0.6 is 11.3 Å². The van der Waals surface area contributed by atoms with Gasteiger partial charge in [-0.3, -0.25) is 14.3 Å². The molecule has 1 aliphatic heterocycles. The Morgan fingerprint density at radius 1 is 1.55 bits per heavy atom. The number of halogens is 1. The highest BCUT2D eigenvalue weighted by molar-refractivity contribution is 7.12. The van der Waals surface area contributed by atoms with Gasteiger partial charge in [-0.05, 0) is 23.9 Å². The number of aryl methyl sites for hydroxylation is 1. The lowest BCUT2D eigenvalue weighted by atomic mass is 9.95. The van der Waals surface area contributed by atoms with E-state index in [9.17, 15) is 14.0 Å². The number of carbonyl (C=O) groups excluding carboxylic acids is 2. The van der Waals surface area contributed by atoms with E-state index in [1.165, 1.54) is 11.4 Å². The van der Waals surface area contributed by atoms with Crippen LogP contribution in [0.4, 0.5) is 4.39 Å². The topological polar surface area (TPSA) is 76.0 Å². The van der Waals surface area contributed by atoms with Crippen molar-refractivity contribution in [1.82, 2.24) is 20.4 Å². The monoisotopic (exact) mass is 322 g/mol. The fraction of sp³-hybridized carbons (Fsp3) is 0.357. The second-order valence-corrected chi connectivity index (χ2v) is 6.06. The molecule has 1 fully saturated rings. The summed E-state index contributed by atoms with van der Waals surface area (Å²) in [6.07, 6.45) is 2.46. The highest BCUT2D eigenvalue weighted by Gasteiger charge is 2.33. The molecule has 2 N–H and O–H groups in total. The first-order valence-corrected chi connectivity index (χ1v) is 7.75. The summed E-state index contributed by atoms with van der Waals surface area (Å²) >= 11 is 1.06. The van der Waals surface area contributed by atoms with Gasteiger partial charge in [0.2, 0.25) is 5.91 Å². The highest BCUT2D eigenvalue weighted by atomic mass is 32.1. The third-order valence-electron chi connectivity index (χ3n) is 3.72. The second kappa shape index (κ2) is 5.88. The first-order valence-electron chi connectivity index (χ1n) is 6.87. The van der Waals surface area contributed by atoms with Crippen molar-refractivity contribution in [2.75, 3.05) is 0 Å². The van der Waals surface area contributed by atoms with E-state index in [4.69, 9.17) is 0 Å². The van der Waals surface area contributed by atoms with Gasteiger partial charge in [0.25, 0.3) is 5.91 Å². The molecule has 116 valence electrons. The van der Waals surface area contributed by atoms with E-state index >= 15 is 0 Å². The first-order chi connectivity index (χ1) is 10.6. The zero-order chi connectivity index (χ0) is 15.7. The minimum atomic E-state index is -0.528. The fourth-order valence-electron chi connectivity index (χ4n) is 2.61. The van der Waals surface area contributed by atoms with Gasteiger partial charge in [0.05, 0.1) is 17.8 Å². The van der Waals surface area contributed by atoms with Gasteiger partial charge >= 0.3 is 0 Å². The molecule has 6 nitrogen and oxygen atoms in total. The molecule has 0 saturated carbocycles. The summed E-state index contributed by atoms with van der Waals surface area (Å²) < 4.78 is 15.2. The van der Waals surface area contributed by atoms with Crippen LogP contribution in [0.3, 0.4) is 0 Å². The van der Waals surface area contributed by atoms with Gasteiger partial charge in [0.1, 0.15) is 10.7 Å². The molecule has 22 heavy (non-hydrogen) atoms. The Labute approximate surface area is 130 Å². The van der Waals surface area contributed by atoms with E-state index in [2.05, 4.69) is 15.7 Å². The van der Waals surface area contributed by atoms with Gasteiger partial charge < -0.3 is 10.6 Å². The largest absolute Gasteiger partial charge is 0.346 e. The first kappa shape index (κ1) is 14.7. The molecule has 0 aromatic carbocycles. The van der Waals surface area contributed by atoms with E-state index < -0.39 is 11.7 Å².